The first-order chi connectivity index (χ1) is 17.9. The van der Waals surface area contributed by atoms with Crippen molar-refractivity contribution in [1.29, 1.82) is 0 Å². The predicted molar refractivity (Wildman–Crippen MR) is 148 cm³/mol. The lowest BCUT2D eigenvalue weighted by atomic mass is 10.2. The molecule has 11 nitrogen and oxygen atoms in total. The highest BCUT2D eigenvalue weighted by Gasteiger charge is 2.05. The Morgan fingerprint density at radius 3 is 1.92 bits per heavy atom. The standard InChI is InChI=1S/C15H16N4OS.C9H10N4O2S.CH4/c1-20-14-4-2-11(3-5-14)8-19-9-13(17-10-19)6-12-7-16-15(21)18-12;14-8(15)4-13-3-7(11-5-13)1-6-2-10-9(16)12-6;/h2-5,7,9-10H,6,8H2,1H3,(H2,16,18,21);2-3,5H,1,4H2,(H,14,15)(H2,10,12,16);1H4. The maximum atomic E-state index is 10.5. The van der Waals surface area contributed by atoms with E-state index in [1.807, 2.05) is 30.9 Å². The Balaban J connectivity index is 0.000000213. The van der Waals surface area contributed by atoms with E-state index in [9.17, 15) is 4.79 Å². The van der Waals surface area contributed by atoms with Crippen molar-refractivity contribution >= 4 is 30.4 Å². The summed E-state index contributed by atoms with van der Waals surface area (Å²) in [5.41, 5.74) is 4.97. The first-order valence-corrected chi connectivity index (χ1v) is 12.1. The Bertz CT molecular complexity index is 1560. The summed E-state index contributed by atoms with van der Waals surface area (Å²) in [6.45, 7) is 0.719. The molecule has 13 heteroatoms. The van der Waals surface area contributed by atoms with E-state index in [0.29, 0.717) is 16.0 Å². The zero-order valence-electron chi connectivity index (χ0n) is 20.0. The number of hydrogen-bond donors (Lipinski definition) is 5. The molecule has 0 saturated carbocycles. The van der Waals surface area contributed by atoms with Crippen LogP contribution in [0.1, 0.15) is 35.8 Å². The molecule has 0 saturated heterocycles. The third-order valence-electron chi connectivity index (χ3n) is 5.26. The van der Waals surface area contributed by atoms with E-state index in [1.165, 1.54) is 16.5 Å². The number of hydrogen-bond acceptors (Lipinski definition) is 6. The van der Waals surface area contributed by atoms with Crippen molar-refractivity contribution in [3.63, 3.8) is 0 Å². The molecule has 0 aliphatic heterocycles. The van der Waals surface area contributed by atoms with Crippen molar-refractivity contribution in [3.8, 4) is 5.75 Å². The van der Waals surface area contributed by atoms with Crippen LogP contribution < -0.4 is 4.74 Å². The molecule has 0 amide bonds. The van der Waals surface area contributed by atoms with Gasteiger partial charge in [-0.15, -0.1) is 0 Å². The number of methoxy groups -OCH3 is 1. The molecule has 0 atom stereocenters. The molecule has 0 aliphatic carbocycles. The van der Waals surface area contributed by atoms with Gasteiger partial charge < -0.3 is 38.9 Å². The van der Waals surface area contributed by atoms with Gasteiger partial charge in [-0.2, -0.15) is 0 Å². The SMILES string of the molecule is C.COc1ccc(Cn2cnc(Cc3c[nH]c(=S)[nH]3)c2)cc1.O=C(O)Cn1cnc(Cc2c[nH]c(=S)[nH]2)c1. The van der Waals surface area contributed by atoms with Crippen LogP contribution in [-0.2, 0) is 30.7 Å². The second-order valence-corrected chi connectivity index (χ2v) is 9.02. The van der Waals surface area contributed by atoms with Crippen LogP contribution in [0.2, 0.25) is 0 Å². The van der Waals surface area contributed by atoms with Gasteiger partial charge in [0.15, 0.2) is 9.54 Å². The van der Waals surface area contributed by atoms with Gasteiger partial charge in [0.2, 0.25) is 0 Å². The summed E-state index contributed by atoms with van der Waals surface area (Å²) in [4.78, 5) is 30.9. The molecule has 0 spiro atoms. The minimum atomic E-state index is -0.884. The zero-order valence-corrected chi connectivity index (χ0v) is 21.6. The number of carbonyl (C=O) groups is 1. The number of H-pyrrole nitrogens is 4. The lowest BCUT2D eigenvalue weighted by Crippen LogP contribution is -2.06. The number of imidazole rings is 4. The number of aromatic nitrogens is 8. The third kappa shape index (κ3) is 8.42. The number of nitrogens with zero attached hydrogens (tertiary/aromatic N) is 4. The van der Waals surface area contributed by atoms with Crippen LogP contribution in [0.15, 0.2) is 61.7 Å². The molecule has 5 aromatic rings. The Morgan fingerprint density at radius 2 is 1.45 bits per heavy atom. The molecule has 5 N–H and O–H groups in total. The maximum Gasteiger partial charge on any atom is 0.323 e. The topological polar surface area (TPSA) is 145 Å². The van der Waals surface area contributed by atoms with E-state index < -0.39 is 5.97 Å². The Kier molecular flexibility index (Phi) is 9.96. The van der Waals surface area contributed by atoms with Gasteiger partial charge >= 0.3 is 5.97 Å². The fourth-order valence-corrected chi connectivity index (χ4v) is 3.97. The zero-order chi connectivity index (χ0) is 26.2. The smallest absolute Gasteiger partial charge is 0.323 e. The second-order valence-electron chi connectivity index (χ2n) is 8.21. The summed E-state index contributed by atoms with van der Waals surface area (Å²) in [7, 11) is 1.67. The van der Waals surface area contributed by atoms with Gasteiger partial charge in [-0.25, -0.2) is 9.97 Å². The van der Waals surface area contributed by atoms with Gasteiger partial charge in [-0.1, -0.05) is 19.6 Å². The van der Waals surface area contributed by atoms with Gasteiger partial charge in [0.05, 0.1) is 31.2 Å². The highest BCUT2D eigenvalue weighted by atomic mass is 32.1. The summed E-state index contributed by atoms with van der Waals surface area (Å²) >= 11 is 9.91. The average molecular weight is 555 g/mol. The minimum absolute atomic E-state index is 0. The van der Waals surface area contributed by atoms with E-state index in [4.69, 9.17) is 34.3 Å². The molecule has 0 unspecified atom stereocenters. The van der Waals surface area contributed by atoms with Crippen LogP contribution in [0.25, 0.3) is 0 Å². The van der Waals surface area contributed by atoms with Gasteiger partial charge in [0.1, 0.15) is 12.3 Å². The molecule has 0 radical (unpaired) electrons. The Hall–Kier alpha value is -4.23. The summed E-state index contributed by atoms with van der Waals surface area (Å²) in [6, 6.07) is 8.05. The number of aliphatic carboxylic acids is 1. The largest absolute Gasteiger partial charge is 0.497 e. The first kappa shape index (κ1) is 28.3. The molecule has 38 heavy (non-hydrogen) atoms. The van der Waals surface area contributed by atoms with Crippen LogP contribution in [0.5, 0.6) is 5.75 Å². The van der Waals surface area contributed by atoms with Crippen molar-refractivity contribution < 1.29 is 14.6 Å². The number of carboxylic acid groups (broad SMARTS) is 1. The number of ether oxygens (including phenoxy) is 1. The lowest BCUT2D eigenvalue weighted by molar-refractivity contribution is -0.137. The highest BCUT2D eigenvalue weighted by molar-refractivity contribution is 7.71. The number of benzene rings is 1. The number of rotatable bonds is 9. The fraction of sp³-hybridized carbons (Fsp3) is 0.240. The molecule has 0 bridgehead atoms. The van der Waals surface area contributed by atoms with Gasteiger partial charge in [-0.05, 0) is 42.1 Å². The Morgan fingerprint density at radius 1 is 0.921 bits per heavy atom. The average Bonchev–Trinajstić information content (AvgIpc) is 3.66. The second kappa shape index (κ2) is 13.4. The lowest BCUT2D eigenvalue weighted by Gasteiger charge is -2.04. The van der Waals surface area contributed by atoms with Gasteiger partial charge in [0, 0.05) is 55.6 Å². The predicted octanol–water partition coefficient (Wildman–Crippen LogP) is 4.50. The molecule has 0 aliphatic rings. The van der Waals surface area contributed by atoms with Crippen LogP contribution in [-0.4, -0.2) is 57.2 Å². The van der Waals surface area contributed by atoms with E-state index in [1.54, 1.807) is 19.5 Å². The van der Waals surface area contributed by atoms with Crippen molar-refractivity contribution in [2.24, 2.45) is 0 Å². The maximum absolute atomic E-state index is 10.5. The molecule has 200 valence electrons. The number of aromatic amines is 4. The van der Waals surface area contributed by atoms with E-state index in [2.05, 4.69) is 46.6 Å². The fourth-order valence-electron chi connectivity index (χ4n) is 3.59. The summed E-state index contributed by atoms with van der Waals surface area (Å²) in [5, 5.41) is 8.60. The van der Waals surface area contributed by atoms with E-state index in [0.717, 1.165) is 41.5 Å². The molecule has 4 heterocycles. The quantitative estimate of drug-likeness (QED) is 0.169. The summed E-state index contributed by atoms with van der Waals surface area (Å²) in [6.07, 6.45) is 12.1. The minimum Gasteiger partial charge on any atom is -0.497 e. The summed E-state index contributed by atoms with van der Waals surface area (Å²) < 4.78 is 9.96. The molecule has 4 aromatic heterocycles. The van der Waals surface area contributed by atoms with Crippen molar-refractivity contribution in [2.75, 3.05) is 7.11 Å². The van der Waals surface area contributed by atoms with E-state index >= 15 is 0 Å². The van der Waals surface area contributed by atoms with Crippen LogP contribution in [0.4, 0.5) is 0 Å². The monoisotopic (exact) mass is 554 g/mol. The van der Waals surface area contributed by atoms with Crippen LogP contribution in [0.3, 0.4) is 0 Å². The van der Waals surface area contributed by atoms with Crippen LogP contribution in [0, 0.1) is 9.54 Å². The molecule has 0 fully saturated rings. The Labute approximate surface area is 229 Å². The van der Waals surface area contributed by atoms with Gasteiger partial charge in [0.25, 0.3) is 0 Å². The molecular formula is C25H30N8O3S2. The first-order valence-electron chi connectivity index (χ1n) is 11.3. The number of carboxylic acids is 1. The van der Waals surface area contributed by atoms with Gasteiger partial charge in [-0.3, -0.25) is 4.79 Å². The van der Waals surface area contributed by atoms with Crippen molar-refractivity contribution in [3.05, 3.63) is 99.6 Å². The van der Waals surface area contributed by atoms with Crippen molar-refractivity contribution in [2.45, 2.75) is 33.4 Å². The van der Waals surface area contributed by atoms with Crippen molar-refractivity contribution in [1.82, 2.24) is 39.0 Å². The normalized spacial score (nSPS) is 10.3. The third-order valence-corrected chi connectivity index (χ3v) is 5.70. The highest BCUT2D eigenvalue weighted by Crippen LogP contribution is 2.13. The molecule has 1 aromatic carbocycles. The van der Waals surface area contributed by atoms with E-state index in [-0.39, 0.29) is 14.0 Å². The number of nitrogens with one attached hydrogen (secondary N) is 4. The molecule has 5 rings (SSSR count). The summed E-state index contributed by atoms with van der Waals surface area (Å²) in [5.74, 6) is -0.0159. The molecular weight excluding hydrogens is 524 g/mol. The van der Waals surface area contributed by atoms with Crippen LogP contribution >= 0.6 is 24.4 Å².